The van der Waals surface area contributed by atoms with Crippen LogP contribution in [-0.4, -0.2) is 42.4 Å². The van der Waals surface area contributed by atoms with Crippen LogP contribution in [0.25, 0.3) is 0 Å². The van der Waals surface area contributed by atoms with Crippen LogP contribution in [0, 0.1) is 11.8 Å². The van der Waals surface area contributed by atoms with Gasteiger partial charge in [-0.1, -0.05) is 26.8 Å². The highest BCUT2D eigenvalue weighted by molar-refractivity contribution is 7.10. The Labute approximate surface area is 176 Å². The largest absolute Gasteiger partial charge is 0.459 e. The van der Waals surface area contributed by atoms with Crippen molar-refractivity contribution in [3.63, 3.8) is 0 Å². The lowest BCUT2D eigenvalue weighted by molar-refractivity contribution is -0.124. The molecule has 3 rings (SSSR count). The molecule has 1 fully saturated rings. The Morgan fingerprint density at radius 3 is 2.59 bits per heavy atom. The fraction of sp³-hybridized carbons (Fsp3) is 0.545. The molecule has 2 aromatic rings. The van der Waals surface area contributed by atoms with E-state index in [-0.39, 0.29) is 29.5 Å². The third-order valence-corrected chi connectivity index (χ3v) is 6.55. The molecule has 1 aliphatic heterocycles. The number of likely N-dealkylation sites (tertiary alicyclic amines) is 1. The number of furan rings is 1. The van der Waals surface area contributed by atoms with Crippen LogP contribution in [0.5, 0.6) is 0 Å². The zero-order chi connectivity index (χ0) is 20.8. The van der Waals surface area contributed by atoms with Crippen LogP contribution in [0.3, 0.4) is 0 Å². The molecule has 2 N–H and O–H groups in total. The smallest absolute Gasteiger partial charge is 0.287 e. The van der Waals surface area contributed by atoms with Gasteiger partial charge in [0.15, 0.2) is 5.76 Å². The van der Waals surface area contributed by atoms with Crippen molar-refractivity contribution < 1.29 is 14.0 Å². The van der Waals surface area contributed by atoms with Crippen LogP contribution in [-0.2, 0) is 4.79 Å². The van der Waals surface area contributed by atoms with Gasteiger partial charge < -0.3 is 15.1 Å². The van der Waals surface area contributed by atoms with Gasteiger partial charge >= 0.3 is 0 Å². The van der Waals surface area contributed by atoms with Crippen LogP contribution in [0.4, 0.5) is 0 Å². The molecule has 0 aromatic carbocycles. The maximum Gasteiger partial charge on any atom is 0.287 e. The summed E-state index contributed by atoms with van der Waals surface area (Å²) < 4.78 is 5.14. The Hall–Kier alpha value is -2.12. The van der Waals surface area contributed by atoms with Crippen molar-refractivity contribution in [2.75, 3.05) is 19.6 Å². The van der Waals surface area contributed by atoms with E-state index < -0.39 is 6.04 Å². The fourth-order valence-corrected chi connectivity index (χ4v) is 4.55. The Morgan fingerprint density at radius 1 is 1.24 bits per heavy atom. The van der Waals surface area contributed by atoms with Crippen molar-refractivity contribution in [2.24, 2.45) is 11.8 Å². The molecule has 0 unspecified atom stereocenters. The zero-order valence-corrected chi connectivity index (χ0v) is 18.2. The molecule has 7 heteroatoms. The first-order valence-corrected chi connectivity index (χ1v) is 11.2. The normalized spacial score (nSPS) is 17.8. The molecular weight excluding hydrogens is 386 g/mol. The van der Waals surface area contributed by atoms with Crippen molar-refractivity contribution in [1.29, 1.82) is 0 Å². The first kappa shape index (κ1) is 21.6. The van der Waals surface area contributed by atoms with E-state index in [1.54, 1.807) is 23.5 Å². The lowest BCUT2D eigenvalue weighted by Gasteiger charge is -2.36. The van der Waals surface area contributed by atoms with Crippen molar-refractivity contribution in [3.8, 4) is 0 Å². The average molecular weight is 418 g/mol. The number of nitrogens with zero attached hydrogens (tertiary/aromatic N) is 1. The molecule has 3 heterocycles. The molecule has 2 amide bonds. The SMILES string of the molecule is CC1CCN([C@H](CNC(=O)[C@@H](NC(=O)c2ccco2)C(C)C)c2cccs2)CC1. The van der Waals surface area contributed by atoms with Crippen molar-refractivity contribution in [1.82, 2.24) is 15.5 Å². The van der Waals surface area contributed by atoms with E-state index in [0.717, 1.165) is 19.0 Å². The quantitative estimate of drug-likeness (QED) is 0.687. The second kappa shape index (κ2) is 10.1. The Kier molecular flexibility index (Phi) is 7.50. The Balaban J connectivity index is 1.63. The van der Waals surface area contributed by atoms with Crippen LogP contribution in [0.1, 0.15) is 55.1 Å². The highest BCUT2D eigenvalue weighted by Crippen LogP contribution is 2.29. The predicted octanol–water partition coefficient (Wildman–Crippen LogP) is 3.68. The van der Waals surface area contributed by atoms with E-state index in [0.29, 0.717) is 6.54 Å². The van der Waals surface area contributed by atoms with Gasteiger partial charge in [-0.15, -0.1) is 11.3 Å². The van der Waals surface area contributed by atoms with E-state index in [4.69, 9.17) is 4.42 Å². The maximum atomic E-state index is 12.9. The standard InChI is InChI=1S/C22H31N3O3S/c1-15(2)20(24-21(26)18-6-4-12-28-18)22(27)23-14-17(19-7-5-13-29-19)25-10-8-16(3)9-11-25/h4-7,12-13,15-17,20H,8-11,14H2,1-3H3,(H,23,27)(H,24,26)/t17-,20+/m1/s1. The van der Waals surface area contributed by atoms with Gasteiger partial charge in [0.1, 0.15) is 6.04 Å². The summed E-state index contributed by atoms with van der Waals surface area (Å²) in [5.41, 5.74) is 0. The number of carbonyl (C=O) groups is 2. The Morgan fingerprint density at radius 2 is 2.00 bits per heavy atom. The fourth-order valence-electron chi connectivity index (χ4n) is 3.69. The van der Waals surface area contributed by atoms with Crippen molar-refractivity contribution >= 4 is 23.2 Å². The minimum absolute atomic E-state index is 0.0371. The van der Waals surface area contributed by atoms with Crippen LogP contribution < -0.4 is 10.6 Å². The molecular formula is C22H31N3O3S. The molecule has 0 bridgehead atoms. The predicted molar refractivity (Wildman–Crippen MR) is 115 cm³/mol. The number of rotatable bonds is 8. The summed E-state index contributed by atoms with van der Waals surface area (Å²) in [6.45, 7) is 8.78. The minimum Gasteiger partial charge on any atom is -0.459 e. The molecule has 0 spiro atoms. The van der Waals surface area contributed by atoms with Crippen LogP contribution in [0.15, 0.2) is 40.3 Å². The third kappa shape index (κ3) is 5.70. The molecule has 158 valence electrons. The van der Waals surface area contributed by atoms with E-state index in [1.807, 2.05) is 13.8 Å². The number of hydrogen-bond donors (Lipinski definition) is 2. The number of hydrogen-bond acceptors (Lipinski definition) is 5. The van der Waals surface area contributed by atoms with E-state index in [2.05, 4.69) is 40.0 Å². The summed E-state index contributed by atoms with van der Waals surface area (Å²) in [7, 11) is 0. The highest BCUT2D eigenvalue weighted by atomic mass is 32.1. The summed E-state index contributed by atoms with van der Waals surface area (Å²) >= 11 is 1.73. The van der Waals surface area contributed by atoms with Crippen LogP contribution in [0.2, 0.25) is 0 Å². The summed E-state index contributed by atoms with van der Waals surface area (Å²) in [4.78, 5) is 29.0. The number of thiophene rings is 1. The van der Waals surface area contributed by atoms with E-state index >= 15 is 0 Å². The van der Waals surface area contributed by atoms with Crippen molar-refractivity contribution in [3.05, 3.63) is 46.5 Å². The second-order valence-corrected chi connectivity index (χ2v) is 9.15. The average Bonchev–Trinajstić information content (AvgIpc) is 3.41. The number of carbonyl (C=O) groups excluding carboxylic acids is 2. The molecule has 0 radical (unpaired) electrons. The van der Waals surface area contributed by atoms with Crippen LogP contribution >= 0.6 is 11.3 Å². The molecule has 0 saturated carbocycles. The van der Waals surface area contributed by atoms with Gasteiger partial charge in [-0.05, 0) is 61.3 Å². The molecule has 2 aromatic heterocycles. The van der Waals surface area contributed by atoms with Gasteiger partial charge in [-0.25, -0.2) is 0 Å². The molecule has 29 heavy (non-hydrogen) atoms. The number of amides is 2. The van der Waals surface area contributed by atoms with E-state index in [1.165, 1.54) is 24.0 Å². The summed E-state index contributed by atoms with van der Waals surface area (Å²) in [5.74, 6) is 0.398. The first-order chi connectivity index (χ1) is 14.0. The molecule has 0 aliphatic carbocycles. The van der Waals surface area contributed by atoms with Gasteiger partial charge in [0.25, 0.3) is 5.91 Å². The second-order valence-electron chi connectivity index (χ2n) is 8.17. The van der Waals surface area contributed by atoms with Gasteiger partial charge in [-0.2, -0.15) is 0 Å². The molecule has 1 aliphatic rings. The monoisotopic (exact) mass is 417 g/mol. The lowest BCUT2D eigenvalue weighted by Crippen LogP contribution is -2.51. The highest BCUT2D eigenvalue weighted by Gasteiger charge is 2.29. The van der Waals surface area contributed by atoms with Crippen molar-refractivity contribution in [2.45, 2.75) is 45.7 Å². The Bertz CT molecular complexity index is 765. The van der Waals surface area contributed by atoms with Gasteiger partial charge in [0.05, 0.1) is 12.3 Å². The van der Waals surface area contributed by atoms with Gasteiger partial charge in [0.2, 0.25) is 5.91 Å². The molecule has 6 nitrogen and oxygen atoms in total. The number of piperidine rings is 1. The molecule has 1 saturated heterocycles. The minimum atomic E-state index is -0.613. The third-order valence-electron chi connectivity index (χ3n) is 5.58. The first-order valence-electron chi connectivity index (χ1n) is 10.3. The zero-order valence-electron chi connectivity index (χ0n) is 17.4. The summed E-state index contributed by atoms with van der Waals surface area (Å²) in [6, 6.07) is 7.00. The molecule has 2 atom stereocenters. The van der Waals surface area contributed by atoms with Gasteiger partial charge in [0, 0.05) is 11.4 Å². The topological polar surface area (TPSA) is 74.6 Å². The number of nitrogens with one attached hydrogen (secondary N) is 2. The van der Waals surface area contributed by atoms with Gasteiger partial charge in [-0.3, -0.25) is 14.5 Å². The maximum absolute atomic E-state index is 12.9. The lowest BCUT2D eigenvalue weighted by atomic mass is 9.97. The summed E-state index contributed by atoms with van der Waals surface area (Å²) in [6.07, 6.45) is 3.82. The van der Waals surface area contributed by atoms with E-state index in [9.17, 15) is 9.59 Å². The summed E-state index contributed by atoms with van der Waals surface area (Å²) in [5, 5.41) is 7.98.